The Morgan fingerprint density at radius 2 is 1.40 bits per heavy atom. The zero-order valence-corrected chi connectivity index (χ0v) is 5.89. The fourth-order valence-corrected chi connectivity index (χ4v) is 1.74. The predicted molar refractivity (Wildman–Crippen MR) is 37.7 cm³/mol. The third kappa shape index (κ3) is 0.859. The zero-order valence-electron chi connectivity index (χ0n) is 5.89. The van der Waals surface area contributed by atoms with Crippen molar-refractivity contribution in [1.82, 2.24) is 10.6 Å². The summed E-state index contributed by atoms with van der Waals surface area (Å²) in [7, 11) is 0. The molecule has 0 aromatic rings. The molecule has 2 fully saturated rings. The second kappa shape index (κ2) is 2.32. The summed E-state index contributed by atoms with van der Waals surface area (Å²) in [5, 5.41) is 6.51. The van der Waals surface area contributed by atoms with Gasteiger partial charge in [-0.1, -0.05) is 0 Å². The van der Waals surface area contributed by atoms with E-state index in [1.165, 1.54) is 0 Å². The van der Waals surface area contributed by atoms with Gasteiger partial charge in [0.1, 0.15) is 5.78 Å². The van der Waals surface area contributed by atoms with Gasteiger partial charge in [-0.3, -0.25) is 4.79 Å². The van der Waals surface area contributed by atoms with Crippen LogP contribution in [0.4, 0.5) is 0 Å². The second-order valence-electron chi connectivity index (χ2n) is 3.11. The molecule has 0 aromatic carbocycles. The molecule has 0 atom stereocenters. The van der Waals surface area contributed by atoms with Crippen molar-refractivity contribution in [3.8, 4) is 0 Å². The van der Waals surface area contributed by atoms with Crippen molar-refractivity contribution in [3.05, 3.63) is 0 Å². The summed E-state index contributed by atoms with van der Waals surface area (Å²) in [5.74, 6) is 0.984. The van der Waals surface area contributed by atoms with Gasteiger partial charge in [-0.25, -0.2) is 0 Å². The van der Waals surface area contributed by atoms with E-state index < -0.39 is 0 Å². The van der Waals surface area contributed by atoms with Gasteiger partial charge in [0.15, 0.2) is 0 Å². The molecular formula is C7H12N2O. The Kier molecular flexibility index (Phi) is 1.47. The van der Waals surface area contributed by atoms with Crippen molar-refractivity contribution < 1.29 is 4.79 Å². The van der Waals surface area contributed by atoms with Crippen molar-refractivity contribution >= 4 is 5.78 Å². The van der Waals surface area contributed by atoms with Gasteiger partial charge in [0.05, 0.1) is 0 Å². The van der Waals surface area contributed by atoms with Gasteiger partial charge in [-0.2, -0.15) is 0 Å². The van der Waals surface area contributed by atoms with Gasteiger partial charge in [-0.05, 0) is 0 Å². The minimum absolute atomic E-state index is 0.257. The number of hydrogen-bond donors (Lipinski definition) is 2. The van der Waals surface area contributed by atoms with E-state index in [-0.39, 0.29) is 11.8 Å². The molecule has 3 heteroatoms. The highest BCUT2D eigenvalue weighted by atomic mass is 16.1. The summed E-state index contributed by atoms with van der Waals surface area (Å²) < 4.78 is 0. The summed E-state index contributed by atoms with van der Waals surface area (Å²) in [6, 6.07) is 0. The molecule has 0 amide bonds. The molecule has 0 saturated carbocycles. The highest BCUT2D eigenvalue weighted by Gasteiger charge is 2.33. The molecule has 10 heavy (non-hydrogen) atoms. The lowest BCUT2D eigenvalue weighted by atomic mass is 9.86. The van der Waals surface area contributed by atoms with E-state index in [2.05, 4.69) is 10.6 Å². The van der Waals surface area contributed by atoms with Crippen LogP contribution in [0.25, 0.3) is 0 Å². The first-order chi connectivity index (χ1) is 4.88. The third-order valence-corrected chi connectivity index (χ3v) is 2.37. The van der Waals surface area contributed by atoms with Crippen molar-refractivity contribution in [2.24, 2.45) is 11.8 Å². The molecule has 3 nitrogen and oxygen atoms in total. The fraction of sp³-hybridized carbons (Fsp3) is 0.857. The summed E-state index contributed by atoms with van der Waals surface area (Å²) in [6.07, 6.45) is 0. The number of nitrogens with one attached hydrogen (secondary N) is 2. The normalized spacial score (nSPS) is 39.8. The van der Waals surface area contributed by atoms with E-state index in [1.54, 1.807) is 0 Å². The van der Waals surface area contributed by atoms with Crippen LogP contribution in [-0.2, 0) is 4.79 Å². The van der Waals surface area contributed by atoms with Crippen molar-refractivity contribution in [3.63, 3.8) is 0 Å². The van der Waals surface area contributed by atoms with Crippen LogP contribution < -0.4 is 10.6 Å². The Hall–Kier alpha value is -0.410. The van der Waals surface area contributed by atoms with Gasteiger partial charge >= 0.3 is 0 Å². The lowest BCUT2D eigenvalue weighted by Gasteiger charge is -2.33. The molecule has 56 valence electrons. The lowest BCUT2D eigenvalue weighted by molar-refractivity contribution is -0.129. The Balaban J connectivity index is 2.12. The summed E-state index contributed by atoms with van der Waals surface area (Å²) in [4.78, 5) is 11.3. The Labute approximate surface area is 60.2 Å². The predicted octanol–water partition coefficient (Wildman–Crippen LogP) is -1.01. The molecule has 2 bridgehead atoms. The first-order valence-electron chi connectivity index (χ1n) is 3.83. The van der Waals surface area contributed by atoms with Crippen molar-refractivity contribution in [2.45, 2.75) is 0 Å². The van der Waals surface area contributed by atoms with Crippen LogP contribution in [0.2, 0.25) is 0 Å². The van der Waals surface area contributed by atoms with Crippen LogP contribution in [0.5, 0.6) is 0 Å². The highest BCUT2D eigenvalue weighted by molar-refractivity contribution is 5.85. The van der Waals surface area contributed by atoms with Crippen molar-refractivity contribution in [1.29, 1.82) is 0 Å². The first kappa shape index (κ1) is 6.31. The van der Waals surface area contributed by atoms with Crippen LogP contribution in [0.1, 0.15) is 0 Å². The van der Waals surface area contributed by atoms with Crippen LogP contribution in [-0.4, -0.2) is 32.0 Å². The van der Waals surface area contributed by atoms with Gasteiger partial charge in [0, 0.05) is 38.0 Å². The molecule has 2 N–H and O–H groups in total. The van der Waals surface area contributed by atoms with E-state index in [4.69, 9.17) is 0 Å². The van der Waals surface area contributed by atoms with E-state index >= 15 is 0 Å². The molecule has 2 heterocycles. The highest BCUT2D eigenvalue weighted by Crippen LogP contribution is 2.14. The molecule has 2 rings (SSSR count). The molecular weight excluding hydrogens is 128 g/mol. The number of fused-ring (bicyclic) bond motifs is 2. The quantitative estimate of drug-likeness (QED) is 0.453. The third-order valence-electron chi connectivity index (χ3n) is 2.37. The number of rotatable bonds is 0. The minimum Gasteiger partial charge on any atom is -0.315 e. The molecule has 0 aliphatic carbocycles. The monoisotopic (exact) mass is 140 g/mol. The zero-order chi connectivity index (χ0) is 6.97. The largest absolute Gasteiger partial charge is 0.315 e. The number of hydrogen-bond acceptors (Lipinski definition) is 3. The Morgan fingerprint density at radius 3 is 1.70 bits per heavy atom. The first-order valence-corrected chi connectivity index (χ1v) is 3.83. The van der Waals surface area contributed by atoms with Crippen LogP contribution in [0.3, 0.4) is 0 Å². The maximum atomic E-state index is 11.3. The summed E-state index contributed by atoms with van der Waals surface area (Å²) >= 11 is 0. The minimum atomic E-state index is 0.257. The molecule has 0 unspecified atom stereocenters. The van der Waals surface area contributed by atoms with Crippen LogP contribution in [0, 0.1) is 11.8 Å². The van der Waals surface area contributed by atoms with E-state index in [9.17, 15) is 4.79 Å². The SMILES string of the molecule is O=C1C2CNCC1CNC2. The number of carbonyl (C=O) groups excluding carboxylic acids is 1. The van der Waals surface area contributed by atoms with Gasteiger partial charge in [0.2, 0.25) is 0 Å². The van der Waals surface area contributed by atoms with E-state index in [1.807, 2.05) is 0 Å². The maximum Gasteiger partial charge on any atom is 0.144 e. The standard InChI is InChI=1S/C7H12N2O/c10-7-5-1-8-3-6(7)4-9-2-5/h5-6,8-9H,1-4H2. The molecule has 0 aromatic heterocycles. The van der Waals surface area contributed by atoms with Crippen molar-refractivity contribution in [2.75, 3.05) is 26.2 Å². The molecule has 0 spiro atoms. The molecule has 2 aliphatic rings. The average Bonchev–Trinajstić information content (AvgIpc) is 1.86. The molecule has 2 saturated heterocycles. The Morgan fingerprint density at radius 1 is 1.00 bits per heavy atom. The van der Waals surface area contributed by atoms with E-state index in [0.717, 1.165) is 26.2 Å². The molecule has 2 aliphatic heterocycles. The molecule has 0 radical (unpaired) electrons. The van der Waals surface area contributed by atoms with Gasteiger partial charge < -0.3 is 10.6 Å². The van der Waals surface area contributed by atoms with Crippen LogP contribution >= 0.6 is 0 Å². The summed E-state index contributed by atoms with van der Waals surface area (Å²) in [5.41, 5.74) is 0. The van der Waals surface area contributed by atoms with Gasteiger partial charge in [-0.15, -0.1) is 0 Å². The number of carbonyl (C=O) groups is 1. The lowest BCUT2D eigenvalue weighted by Crippen LogP contribution is -2.55. The smallest absolute Gasteiger partial charge is 0.144 e. The van der Waals surface area contributed by atoms with E-state index in [0.29, 0.717) is 5.78 Å². The maximum absolute atomic E-state index is 11.3. The van der Waals surface area contributed by atoms with Gasteiger partial charge in [0.25, 0.3) is 0 Å². The average molecular weight is 140 g/mol. The second-order valence-corrected chi connectivity index (χ2v) is 3.11. The topological polar surface area (TPSA) is 41.1 Å². The number of ketones is 1. The van der Waals surface area contributed by atoms with Crippen LogP contribution in [0.15, 0.2) is 0 Å². The summed E-state index contributed by atoms with van der Waals surface area (Å²) in [6.45, 7) is 3.51. The number of Topliss-reactive ketones (excluding diaryl/α,β-unsaturated/α-hetero) is 1. The number of piperidine rings is 2. The Bertz CT molecular complexity index is 134. The fourth-order valence-electron chi connectivity index (χ4n) is 1.74.